The Labute approximate surface area is 226 Å². The molecule has 8 heteroatoms. The average molecular weight is 540 g/mol. The largest absolute Gasteiger partial charge is 0.508 e. The van der Waals surface area contributed by atoms with Crippen molar-refractivity contribution < 1.29 is 32.3 Å². The van der Waals surface area contributed by atoms with Crippen molar-refractivity contribution in [1.29, 1.82) is 0 Å². The van der Waals surface area contributed by atoms with Crippen LogP contribution in [0.4, 0.5) is 18.9 Å². The molecule has 5 aliphatic rings. The number of piperidine rings is 1. The van der Waals surface area contributed by atoms with E-state index in [4.69, 9.17) is 4.74 Å². The van der Waals surface area contributed by atoms with Crippen molar-refractivity contribution in [3.8, 4) is 11.5 Å². The van der Waals surface area contributed by atoms with Crippen LogP contribution < -0.4 is 10.1 Å². The molecule has 206 valence electrons. The third-order valence-corrected chi connectivity index (χ3v) is 10.3. The predicted octanol–water partition coefficient (Wildman–Crippen LogP) is 5.96. The van der Waals surface area contributed by atoms with Gasteiger partial charge in [-0.1, -0.05) is 30.3 Å². The topological polar surface area (TPSA) is 58.6 Å². The Balaban J connectivity index is 1.29. The summed E-state index contributed by atoms with van der Waals surface area (Å²) in [5.41, 5.74) is 0.670. The Morgan fingerprint density at radius 2 is 1.97 bits per heavy atom. The number of aromatic hydroxyl groups is 1. The van der Waals surface area contributed by atoms with E-state index in [1.54, 1.807) is 18.2 Å². The van der Waals surface area contributed by atoms with Gasteiger partial charge in [-0.25, -0.2) is 0 Å². The Morgan fingerprint density at radius 1 is 1.21 bits per heavy atom. The van der Waals surface area contributed by atoms with Crippen molar-refractivity contribution in [1.82, 2.24) is 0 Å². The van der Waals surface area contributed by atoms with Gasteiger partial charge in [0.15, 0.2) is 0 Å². The lowest BCUT2D eigenvalue weighted by atomic mass is 9.51. The van der Waals surface area contributed by atoms with E-state index in [0.29, 0.717) is 17.7 Å². The van der Waals surface area contributed by atoms with Crippen LogP contribution in [0.25, 0.3) is 6.08 Å². The van der Waals surface area contributed by atoms with Crippen molar-refractivity contribution >= 4 is 17.7 Å². The van der Waals surface area contributed by atoms with Crippen LogP contribution in [0.2, 0.25) is 0 Å². The second kappa shape index (κ2) is 8.50. The highest BCUT2D eigenvalue weighted by molar-refractivity contribution is 6.08. The molecule has 3 fully saturated rings. The van der Waals surface area contributed by atoms with Crippen molar-refractivity contribution in [2.45, 2.75) is 68.7 Å². The molecule has 1 saturated heterocycles. The first-order chi connectivity index (χ1) is 18.6. The average Bonchev–Trinajstić information content (AvgIpc) is 3.63. The number of amides is 1. The minimum atomic E-state index is -4.85. The monoisotopic (exact) mass is 539 g/mol. The molecule has 0 aromatic heterocycles. The Kier molecular flexibility index (Phi) is 5.45. The number of ether oxygens (including phenoxy) is 1. The van der Waals surface area contributed by atoms with Crippen molar-refractivity contribution in [3.05, 3.63) is 58.7 Å². The molecule has 2 aromatic rings. The molecule has 1 spiro atoms. The van der Waals surface area contributed by atoms with E-state index in [2.05, 4.69) is 12.4 Å². The Bertz CT molecular complexity index is 1370. The zero-order valence-electron chi connectivity index (χ0n) is 22.1. The molecule has 2 saturated carbocycles. The number of likely N-dealkylation sites (tertiary alicyclic amines) is 1. The molecule has 1 amide bonds. The summed E-state index contributed by atoms with van der Waals surface area (Å²) in [6, 6.07) is 9.78. The van der Waals surface area contributed by atoms with Gasteiger partial charge in [-0.3, -0.25) is 4.79 Å². The number of rotatable bonds is 5. The normalized spacial score (nSPS) is 32.8. The molecular weight excluding hydrogens is 505 g/mol. The number of phenolic OH excluding ortho intramolecular Hbond substituents is 1. The maximum atomic E-state index is 14.0. The number of phenols is 1. The minimum absolute atomic E-state index is 0.0437. The van der Waals surface area contributed by atoms with Crippen LogP contribution >= 0.6 is 0 Å². The van der Waals surface area contributed by atoms with Crippen molar-refractivity contribution in [2.75, 3.05) is 25.5 Å². The first-order valence-electron chi connectivity index (χ1n) is 14.2. The molecule has 1 unspecified atom stereocenters. The summed E-state index contributed by atoms with van der Waals surface area (Å²) >= 11 is 0. The highest BCUT2D eigenvalue weighted by Crippen LogP contribution is 2.66. The summed E-state index contributed by atoms with van der Waals surface area (Å²) in [4.78, 5) is 13.1. The van der Waals surface area contributed by atoms with Gasteiger partial charge in [-0.05, 0) is 43.7 Å². The third kappa shape index (κ3) is 3.81. The number of nitrogens with one attached hydrogen (secondary N) is 1. The van der Waals surface area contributed by atoms with Crippen LogP contribution in [0.5, 0.6) is 11.5 Å². The number of quaternary nitrogens is 1. The molecule has 2 N–H and O–H groups in total. The molecule has 5 atom stereocenters. The lowest BCUT2D eigenvalue weighted by molar-refractivity contribution is -0.946. The van der Waals surface area contributed by atoms with Crippen LogP contribution in [0.3, 0.4) is 0 Å². The fraction of sp³-hybridized carbons (Fsp3) is 0.516. The van der Waals surface area contributed by atoms with Gasteiger partial charge in [-0.2, -0.15) is 13.2 Å². The SMILES string of the molecule is C[N+]1(CC2CC2)CC[C@]23c4c5c(O)cc(NC(=O)C(=Cc6ccccc6)C(F)(F)F)c4O[C@H]2CCC[C@H]3[C@H]1C5. The van der Waals surface area contributed by atoms with Crippen LogP contribution in [-0.4, -0.2) is 54.0 Å². The molecule has 7 rings (SSSR count). The lowest BCUT2D eigenvalue weighted by Crippen LogP contribution is -2.70. The summed E-state index contributed by atoms with van der Waals surface area (Å²) in [6.45, 7) is 2.21. The van der Waals surface area contributed by atoms with Gasteiger partial charge in [0.25, 0.3) is 5.91 Å². The molecule has 3 aliphatic carbocycles. The van der Waals surface area contributed by atoms with E-state index in [9.17, 15) is 23.1 Å². The summed E-state index contributed by atoms with van der Waals surface area (Å²) in [5, 5.41) is 13.8. The number of carbonyl (C=O) groups is 1. The summed E-state index contributed by atoms with van der Waals surface area (Å²) < 4.78 is 49.6. The number of anilines is 1. The standard InChI is InChI=1S/C31H33F3N2O3/c1-36(17-19-10-11-19)13-12-30-21-8-5-9-26(30)39-28-23(16-25(37)20(27(28)30)15-24(21)36)35-29(38)22(31(32,33)34)14-18-6-3-2-4-7-18/h2-4,6-7,14,16,19,21,24,26H,5,8-13,15,17H2,1H3,(H-,35,37,38)/p+1/t21-,24+,26-,30+,36?/m0/s1. The predicted molar refractivity (Wildman–Crippen MR) is 141 cm³/mol. The highest BCUT2D eigenvalue weighted by atomic mass is 19.4. The van der Waals surface area contributed by atoms with E-state index in [1.807, 2.05) is 0 Å². The third-order valence-electron chi connectivity index (χ3n) is 10.3. The number of hydrogen-bond acceptors (Lipinski definition) is 3. The smallest absolute Gasteiger partial charge is 0.421 e. The number of likely N-dealkylation sites (N-methyl/N-ethyl adjacent to an activating group) is 1. The van der Waals surface area contributed by atoms with Gasteiger partial charge in [-0.15, -0.1) is 0 Å². The van der Waals surface area contributed by atoms with Gasteiger partial charge in [0.05, 0.1) is 37.3 Å². The van der Waals surface area contributed by atoms with Crippen LogP contribution in [-0.2, 0) is 16.6 Å². The molecule has 2 aliphatic heterocycles. The summed E-state index contributed by atoms with van der Waals surface area (Å²) in [5.74, 6) is 0.434. The molecule has 2 bridgehead atoms. The van der Waals surface area contributed by atoms with Gasteiger partial charge in [0.1, 0.15) is 23.2 Å². The second-order valence-corrected chi connectivity index (χ2v) is 12.6. The summed E-state index contributed by atoms with van der Waals surface area (Å²) in [7, 11) is 2.38. The van der Waals surface area contributed by atoms with Gasteiger partial charge in [0.2, 0.25) is 0 Å². The molecule has 2 heterocycles. The number of carbonyl (C=O) groups excluding carboxylic acids is 1. The maximum Gasteiger partial charge on any atom is 0.421 e. The molecular formula is C31H34F3N2O3+. The van der Waals surface area contributed by atoms with E-state index in [0.717, 1.165) is 66.3 Å². The Morgan fingerprint density at radius 3 is 2.69 bits per heavy atom. The Hall–Kier alpha value is -3.00. The lowest BCUT2D eigenvalue weighted by Gasteiger charge is -2.61. The molecule has 39 heavy (non-hydrogen) atoms. The van der Waals surface area contributed by atoms with E-state index in [1.165, 1.54) is 37.6 Å². The number of alkyl halides is 3. The second-order valence-electron chi connectivity index (χ2n) is 12.6. The van der Waals surface area contributed by atoms with Crippen molar-refractivity contribution in [2.24, 2.45) is 11.8 Å². The number of hydrogen-bond donors (Lipinski definition) is 2. The summed E-state index contributed by atoms with van der Waals surface area (Å²) in [6.07, 6.45) is 3.20. The fourth-order valence-corrected chi connectivity index (χ4v) is 8.45. The first kappa shape index (κ1) is 25.0. The van der Waals surface area contributed by atoms with Gasteiger partial charge >= 0.3 is 6.18 Å². The maximum absolute atomic E-state index is 14.0. The zero-order chi connectivity index (χ0) is 27.2. The van der Waals surface area contributed by atoms with Crippen LogP contribution in [0, 0.1) is 11.8 Å². The van der Waals surface area contributed by atoms with Crippen molar-refractivity contribution in [3.63, 3.8) is 0 Å². The number of benzene rings is 2. The van der Waals surface area contributed by atoms with E-state index in [-0.39, 0.29) is 28.5 Å². The first-order valence-corrected chi connectivity index (χ1v) is 14.2. The van der Waals surface area contributed by atoms with E-state index >= 15 is 0 Å². The quantitative estimate of drug-likeness (QED) is 0.364. The van der Waals surface area contributed by atoms with Gasteiger partial charge < -0.3 is 19.6 Å². The number of nitrogens with zero attached hydrogens (tertiary/aromatic N) is 1. The van der Waals surface area contributed by atoms with Crippen LogP contribution in [0.1, 0.15) is 55.2 Å². The molecule has 2 aromatic carbocycles. The minimum Gasteiger partial charge on any atom is -0.508 e. The van der Waals surface area contributed by atoms with Crippen LogP contribution in [0.15, 0.2) is 42.0 Å². The van der Waals surface area contributed by atoms with E-state index < -0.39 is 17.7 Å². The molecule has 5 nitrogen and oxygen atoms in total. The zero-order valence-corrected chi connectivity index (χ0v) is 22.1. The highest BCUT2D eigenvalue weighted by Gasteiger charge is 2.67. The number of halogens is 3. The fourth-order valence-electron chi connectivity index (χ4n) is 8.45. The molecule has 0 radical (unpaired) electrons. The van der Waals surface area contributed by atoms with Gasteiger partial charge in [0, 0.05) is 41.9 Å².